The van der Waals surface area contributed by atoms with Gasteiger partial charge in [0.05, 0.1) is 18.3 Å². The van der Waals surface area contributed by atoms with Crippen LogP contribution in [0.4, 0.5) is 0 Å². The molecule has 0 aliphatic rings. The second-order valence-corrected chi connectivity index (χ2v) is 5.20. The third kappa shape index (κ3) is 3.43. The molecule has 0 aliphatic heterocycles. The number of hydrogen-bond acceptors (Lipinski definition) is 4. The van der Waals surface area contributed by atoms with E-state index in [2.05, 4.69) is 29.6 Å². The van der Waals surface area contributed by atoms with Crippen LogP contribution >= 0.6 is 0 Å². The summed E-state index contributed by atoms with van der Waals surface area (Å²) in [6.07, 6.45) is 0.815. The van der Waals surface area contributed by atoms with Crippen LogP contribution in [0.3, 0.4) is 0 Å². The number of hydrazine groups is 1. The first-order chi connectivity index (χ1) is 10.1. The standard InChI is InChI=1S/C16H24N4O/c1-5-21-14-8-6-13(7-9-14)16(18-17)10-15-11(2)19-20(4)12(15)3/h6-9,16,18H,5,10,17H2,1-4H3. The summed E-state index contributed by atoms with van der Waals surface area (Å²) in [7, 11) is 1.97. The van der Waals surface area contributed by atoms with Gasteiger partial charge >= 0.3 is 0 Å². The highest BCUT2D eigenvalue weighted by Gasteiger charge is 2.16. The van der Waals surface area contributed by atoms with Crippen molar-refractivity contribution in [3.63, 3.8) is 0 Å². The summed E-state index contributed by atoms with van der Waals surface area (Å²) < 4.78 is 7.38. The Morgan fingerprint density at radius 1 is 1.29 bits per heavy atom. The Kier molecular flexibility index (Phi) is 4.98. The maximum atomic E-state index is 5.75. The van der Waals surface area contributed by atoms with Crippen molar-refractivity contribution in [3.05, 3.63) is 46.8 Å². The van der Waals surface area contributed by atoms with Gasteiger partial charge in [-0.05, 0) is 50.5 Å². The quantitative estimate of drug-likeness (QED) is 0.631. The number of aromatic nitrogens is 2. The van der Waals surface area contributed by atoms with Crippen LogP contribution in [-0.2, 0) is 13.5 Å². The van der Waals surface area contributed by atoms with Crippen molar-refractivity contribution < 1.29 is 4.74 Å². The van der Waals surface area contributed by atoms with Gasteiger partial charge in [0, 0.05) is 12.7 Å². The normalized spacial score (nSPS) is 12.4. The van der Waals surface area contributed by atoms with Gasteiger partial charge in [0.25, 0.3) is 0 Å². The van der Waals surface area contributed by atoms with Crippen LogP contribution in [0.5, 0.6) is 5.75 Å². The monoisotopic (exact) mass is 288 g/mol. The highest BCUT2D eigenvalue weighted by Crippen LogP contribution is 2.23. The summed E-state index contributed by atoms with van der Waals surface area (Å²) in [5, 5.41) is 4.46. The van der Waals surface area contributed by atoms with Gasteiger partial charge in [-0.25, -0.2) is 0 Å². The Balaban J connectivity index is 2.19. The van der Waals surface area contributed by atoms with Crippen LogP contribution in [0.15, 0.2) is 24.3 Å². The Labute approximate surface area is 126 Å². The maximum absolute atomic E-state index is 5.75. The SMILES string of the molecule is CCOc1ccc(C(Cc2c(C)nn(C)c2C)NN)cc1. The van der Waals surface area contributed by atoms with Crippen LogP contribution in [0.2, 0.25) is 0 Å². The number of nitrogens with two attached hydrogens (primary N) is 1. The second kappa shape index (κ2) is 6.74. The van der Waals surface area contributed by atoms with Gasteiger partial charge in [-0.3, -0.25) is 16.0 Å². The summed E-state index contributed by atoms with van der Waals surface area (Å²) in [5.41, 5.74) is 7.53. The van der Waals surface area contributed by atoms with Gasteiger partial charge in [-0.2, -0.15) is 5.10 Å². The first-order valence-corrected chi connectivity index (χ1v) is 7.24. The van der Waals surface area contributed by atoms with E-state index >= 15 is 0 Å². The third-order valence-corrected chi connectivity index (χ3v) is 3.86. The molecular weight excluding hydrogens is 264 g/mol. The molecule has 0 saturated heterocycles. The van der Waals surface area contributed by atoms with Crippen molar-refractivity contribution in [2.24, 2.45) is 12.9 Å². The number of aryl methyl sites for hydroxylation is 2. The smallest absolute Gasteiger partial charge is 0.119 e. The summed E-state index contributed by atoms with van der Waals surface area (Å²) in [6.45, 7) is 6.77. The van der Waals surface area contributed by atoms with E-state index in [1.165, 1.54) is 11.3 Å². The molecule has 21 heavy (non-hydrogen) atoms. The van der Waals surface area contributed by atoms with Crippen LogP contribution in [-0.4, -0.2) is 16.4 Å². The van der Waals surface area contributed by atoms with Crippen molar-refractivity contribution in [1.29, 1.82) is 0 Å². The Hall–Kier alpha value is -1.85. The van der Waals surface area contributed by atoms with Crippen LogP contribution < -0.4 is 16.0 Å². The van der Waals surface area contributed by atoms with Gasteiger partial charge in [-0.1, -0.05) is 12.1 Å². The molecule has 0 fully saturated rings. The molecule has 2 rings (SSSR count). The van der Waals surface area contributed by atoms with E-state index in [1.807, 2.05) is 37.7 Å². The predicted molar refractivity (Wildman–Crippen MR) is 84.1 cm³/mol. The van der Waals surface area contributed by atoms with Crippen molar-refractivity contribution >= 4 is 0 Å². The van der Waals surface area contributed by atoms with Crippen LogP contribution in [0, 0.1) is 13.8 Å². The van der Waals surface area contributed by atoms with E-state index in [0.29, 0.717) is 6.61 Å². The molecule has 0 bridgehead atoms. The fraction of sp³-hybridized carbons (Fsp3) is 0.438. The molecule has 1 aromatic heterocycles. The lowest BCUT2D eigenvalue weighted by molar-refractivity contribution is 0.340. The average molecular weight is 288 g/mol. The number of nitrogens with zero attached hydrogens (tertiary/aromatic N) is 2. The van der Waals surface area contributed by atoms with Crippen molar-refractivity contribution in [3.8, 4) is 5.75 Å². The molecule has 0 saturated carbocycles. The van der Waals surface area contributed by atoms with Crippen molar-refractivity contribution in [2.45, 2.75) is 33.2 Å². The number of rotatable bonds is 6. The third-order valence-electron chi connectivity index (χ3n) is 3.86. The van der Waals surface area contributed by atoms with E-state index in [4.69, 9.17) is 10.6 Å². The molecule has 3 N–H and O–H groups in total. The van der Waals surface area contributed by atoms with Crippen LogP contribution in [0.25, 0.3) is 0 Å². The second-order valence-electron chi connectivity index (χ2n) is 5.20. The zero-order valence-electron chi connectivity index (χ0n) is 13.2. The van der Waals surface area contributed by atoms with E-state index in [0.717, 1.165) is 23.4 Å². The minimum atomic E-state index is 0.0577. The topological polar surface area (TPSA) is 65.1 Å². The molecule has 1 unspecified atom stereocenters. The number of hydrogen-bond donors (Lipinski definition) is 2. The van der Waals surface area contributed by atoms with E-state index in [-0.39, 0.29) is 6.04 Å². The predicted octanol–water partition coefficient (Wildman–Crippen LogP) is 2.18. The molecule has 0 amide bonds. The summed E-state index contributed by atoms with van der Waals surface area (Å²) >= 11 is 0. The first-order valence-electron chi connectivity index (χ1n) is 7.24. The summed E-state index contributed by atoms with van der Waals surface area (Å²) in [5.74, 6) is 6.63. The van der Waals surface area contributed by atoms with Gasteiger partial charge < -0.3 is 4.74 Å². The Morgan fingerprint density at radius 2 is 1.95 bits per heavy atom. The van der Waals surface area contributed by atoms with E-state index in [9.17, 15) is 0 Å². The largest absolute Gasteiger partial charge is 0.494 e. The molecule has 0 aliphatic carbocycles. The first kappa shape index (κ1) is 15.5. The van der Waals surface area contributed by atoms with Crippen molar-refractivity contribution in [1.82, 2.24) is 15.2 Å². The lowest BCUT2D eigenvalue weighted by atomic mass is 9.98. The minimum Gasteiger partial charge on any atom is -0.494 e. The molecule has 1 atom stereocenters. The van der Waals surface area contributed by atoms with Gasteiger partial charge in [0.2, 0.25) is 0 Å². The molecule has 5 heteroatoms. The Bertz CT molecular complexity index is 589. The zero-order valence-corrected chi connectivity index (χ0v) is 13.2. The number of ether oxygens (including phenoxy) is 1. The lowest BCUT2D eigenvalue weighted by Crippen LogP contribution is -2.29. The minimum absolute atomic E-state index is 0.0577. The zero-order chi connectivity index (χ0) is 15.4. The highest BCUT2D eigenvalue weighted by molar-refractivity contribution is 5.32. The van der Waals surface area contributed by atoms with E-state index in [1.54, 1.807) is 0 Å². The fourth-order valence-corrected chi connectivity index (χ4v) is 2.55. The number of nitrogens with one attached hydrogen (secondary N) is 1. The van der Waals surface area contributed by atoms with Gasteiger partial charge in [0.1, 0.15) is 5.75 Å². The average Bonchev–Trinajstić information content (AvgIpc) is 2.72. The molecule has 0 spiro atoms. The molecule has 1 heterocycles. The Morgan fingerprint density at radius 3 is 2.43 bits per heavy atom. The molecule has 114 valence electrons. The van der Waals surface area contributed by atoms with Crippen molar-refractivity contribution in [2.75, 3.05) is 6.61 Å². The highest BCUT2D eigenvalue weighted by atomic mass is 16.5. The lowest BCUT2D eigenvalue weighted by Gasteiger charge is -2.17. The van der Waals surface area contributed by atoms with Gasteiger partial charge in [0.15, 0.2) is 0 Å². The fourth-order valence-electron chi connectivity index (χ4n) is 2.55. The molecule has 1 aromatic carbocycles. The van der Waals surface area contributed by atoms with Crippen LogP contribution in [0.1, 0.15) is 35.5 Å². The molecular formula is C16H24N4O. The molecule has 0 radical (unpaired) electrons. The summed E-state index contributed by atoms with van der Waals surface area (Å²) in [6, 6.07) is 8.12. The van der Waals surface area contributed by atoms with Gasteiger partial charge in [-0.15, -0.1) is 0 Å². The number of benzene rings is 1. The summed E-state index contributed by atoms with van der Waals surface area (Å²) in [4.78, 5) is 0. The maximum Gasteiger partial charge on any atom is 0.119 e. The van der Waals surface area contributed by atoms with E-state index < -0.39 is 0 Å². The molecule has 2 aromatic rings. The molecule has 5 nitrogen and oxygen atoms in total.